The van der Waals surface area contributed by atoms with Crippen molar-refractivity contribution in [2.24, 2.45) is 11.7 Å². The SMILES string of the molecule is COc1cccc(C2CC(C)NCC2CN)c1OC. The number of nitrogens with two attached hydrogens (primary N) is 1. The number of hydrogen-bond acceptors (Lipinski definition) is 4. The van der Waals surface area contributed by atoms with Crippen LogP contribution in [-0.2, 0) is 0 Å². The number of hydrogen-bond donors (Lipinski definition) is 2. The Kier molecular flexibility index (Phi) is 4.66. The van der Waals surface area contributed by atoms with Crippen molar-refractivity contribution < 1.29 is 9.47 Å². The van der Waals surface area contributed by atoms with E-state index in [1.807, 2.05) is 12.1 Å². The van der Waals surface area contributed by atoms with E-state index < -0.39 is 0 Å². The fourth-order valence-corrected chi connectivity index (χ4v) is 2.98. The summed E-state index contributed by atoms with van der Waals surface area (Å²) in [6.07, 6.45) is 1.07. The molecule has 4 heteroatoms. The average Bonchev–Trinajstić information content (AvgIpc) is 2.46. The maximum atomic E-state index is 5.93. The van der Waals surface area contributed by atoms with Crippen molar-refractivity contribution in [3.63, 3.8) is 0 Å². The highest BCUT2D eigenvalue weighted by atomic mass is 16.5. The van der Waals surface area contributed by atoms with Gasteiger partial charge in [-0.05, 0) is 44.3 Å². The molecule has 0 radical (unpaired) electrons. The van der Waals surface area contributed by atoms with Crippen LogP contribution in [0.1, 0.15) is 24.8 Å². The van der Waals surface area contributed by atoms with E-state index in [1.165, 1.54) is 5.56 Å². The maximum absolute atomic E-state index is 5.93. The van der Waals surface area contributed by atoms with Crippen LogP contribution in [-0.4, -0.2) is 33.4 Å². The molecule has 1 heterocycles. The monoisotopic (exact) mass is 264 g/mol. The van der Waals surface area contributed by atoms with Gasteiger partial charge in [-0.1, -0.05) is 12.1 Å². The van der Waals surface area contributed by atoms with Gasteiger partial charge in [-0.2, -0.15) is 0 Å². The maximum Gasteiger partial charge on any atom is 0.164 e. The summed E-state index contributed by atoms with van der Waals surface area (Å²) in [5.41, 5.74) is 7.14. The Hall–Kier alpha value is -1.26. The van der Waals surface area contributed by atoms with Crippen molar-refractivity contribution in [1.29, 1.82) is 0 Å². The minimum Gasteiger partial charge on any atom is -0.493 e. The first-order valence-corrected chi connectivity index (χ1v) is 6.85. The molecule has 106 valence electrons. The zero-order valence-electron chi connectivity index (χ0n) is 12.0. The molecule has 0 aromatic heterocycles. The molecule has 0 aliphatic carbocycles. The summed E-state index contributed by atoms with van der Waals surface area (Å²) in [4.78, 5) is 0. The Morgan fingerprint density at radius 3 is 2.74 bits per heavy atom. The summed E-state index contributed by atoms with van der Waals surface area (Å²) in [6.45, 7) is 3.86. The van der Waals surface area contributed by atoms with Gasteiger partial charge in [0.05, 0.1) is 14.2 Å². The molecule has 3 unspecified atom stereocenters. The molecule has 1 aliphatic heterocycles. The highest BCUT2D eigenvalue weighted by molar-refractivity contribution is 5.48. The van der Waals surface area contributed by atoms with Crippen LogP contribution in [0.5, 0.6) is 11.5 Å². The van der Waals surface area contributed by atoms with Crippen LogP contribution in [0.3, 0.4) is 0 Å². The lowest BCUT2D eigenvalue weighted by Crippen LogP contribution is -2.44. The third-order valence-electron chi connectivity index (χ3n) is 4.04. The van der Waals surface area contributed by atoms with E-state index in [0.29, 0.717) is 24.4 Å². The lowest BCUT2D eigenvalue weighted by Gasteiger charge is -2.36. The average molecular weight is 264 g/mol. The lowest BCUT2D eigenvalue weighted by molar-refractivity contribution is 0.275. The van der Waals surface area contributed by atoms with Crippen LogP contribution in [0.2, 0.25) is 0 Å². The van der Waals surface area contributed by atoms with Crippen LogP contribution in [0.25, 0.3) is 0 Å². The number of piperidine rings is 1. The van der Waals surface area contributed by atoms with Crippen LogP contribution in [0, 0.1) is 5.92 Å². The molecule has 0 saturated carbocycles. The topological polar surface area (TPSA) is 56.5 Å². The quantitative estimate of drug-likeness (QED) is 0.870. The van der Waals surface area contributed by atoms with E-state index in [1.54, 1.807) is 14.2 Å². The second-order valence-corrected chi connectivity index (χ2v) is 5.23. The number of benzene rings is 1. The molecule has 1 fully saturated rings. The molecule has 2 rings (SSSR count). The van der Waals surface area contributed by atoms with Gasteiger partial charge in [0.15, 0.2) is 11.5 Å². The van der Waals surface area contributed by atoms with Crippen LogP contribution < -0.4 is 20.5 Å². The standard InChI is InChI=1S/C15H24N2O2/c1-10-7-13(11(8-16)9-17-10)12-5-4-6-14(18-2)15(12)19-3/h4-6,10-11,13,17H,7-9,16H2,1-3H3. The Labute approximate surface area is 115 Å². The molecule has 0 bridgehead atoms. The van der Waals surface area contributed by atoms with E-state index in [-0.39, 0.29) is 0 Å². The van der Waals surface area contributed by atoms with Crippen molar-refractivity contribution >= 4 is 0 Å². The highest BCUT2D eigenvalue weighted by Crippen LogP contribution is 2.41. The molecule has 1 aromatic rings. The van der Waals surface area contributed by atoms with E-state index in [0.717, 1.165) is 24.5 Å². The Morgan fingerprint density at radius 2 is 2.11 bits per heavy atom. The molecule has 1 aromatic carbocycles. The summed E-state index contributed by atoms with van der Waals surface area (Å²) in [6, 6.07) is 6.59. The van der Waals surface area contributed by atoms with E-state index in [4.69, 9.17) is 15.2 Å². The third-order valence-corrected chi connectivity index (χ3v) is 4.04. The second kappa shape index (κ2) is 6.26. The van der Waals surface area contributed by atoms with Crippen LogP contribution >= 0.6 is 0 Å². The summed E-state index contributed by atoms with van der Waals surface area (Å²) in [5, 5.41) is 3.50. The summed E-state index contributed by atoms with van der Waals surface area (Å²) in [7, 11) is 3.37. The molecule has 0 spiro atoms. The fourth-order valence-electron chi connectivity index (χ4n) is 2.98. The van der Waals surface area contributed by atoms with Crippen LogP contribution in [0.4, 0.5) is 0 Å². The van der Waals surface area contributed by atoms with Gasteiger partial charge in [0, 0.05) is 11.6 Å². The number of methoxy groups -OCH3 is 2. The third kappa shape index (κ3) is 2.85. The summed E-state index contributed by atoms with van der Waals surface area (Å²) >= 11 is 0. The van der Waals surface area contributed by atoms with Gasteiger partial charge >= 0.3 is 0 Å². The summed E-state index contributed by atoms with van der Waals surface area (Å²) < 4.78 is 11.0. The smallest absolute Gasteiger partial charge is 0.164 e. The fraction of sp³-hybridized carbons (Fsp3) is 0.600. The van der Waals surface area contributed by atoms with Gasteiger partial charge in [-0.15, -0.1) is 0 Å². The Bertz CT molecular complexity index is 423. The minimum absolute atomic E-state index is 0.422. The van der Waals surface area contributed by atoms with Gasteiger partial charge in [-0.3, -0.25) is 0 Å². The normalized spacial score (nSPS) is 27.1. The first kappa shape index (κ1) is 14.2. The molecular formula is C15H24N2O2. The van der Waals surface area contributed by atoms with Crippen LogP contribution in [0.15, 0.2) is 18.2 Å². The molecule has 19 heavy (non-hydrogen) atoms. The lowest BCUT2D eigenvalue weighted by atomic mass is 9.78. The first-order valence-electron chi connectivity index (χ1n) is 6.85. The number of ether oxygens (including phenoxy) is 2. The number of rotatable bonds is 4. The predicted molar refractivity (Wildman–Crippen MR) is 76.9 cm³/mol. The minimum atomic E-state index is 0.422. The van der Waals surface area contributed by atoms with Gasteiger partial charge in [0.2, 0.25) is 0 Å². The Balaban J connectivity index is 2.38. The van der Waals surface area contributed by atoms with Crippen molar-refractivity contribution in [1.82, 2.24) is 5.32 Å². The largest absolute Gasteiger partial charge is 0.493 e. The van der Waals surface area contributed by atoms with Gasteiger partial charge in [-0.25, -0.2) is 0 Å². The Morgan fingerprint density at radius 1 is 1.32 bits per heavy atom. The number of nitrogens with one attached hydrogen (secondary N) is 1. The molecule has 3 atom stereocenters. The van der Waals surface area contributed by atoms with Gasteiger partial charge < -0.3 is 20.5 Å². The van der Waals surface area contributed by atoms with Crippen molar-refractivity contribution in [3.8, 4) is 11.5 Å². The molecule has 3 N–H and O–H groups in total. The summed E-state index contributed by atoms with van der Waals surface area (Å²) in [5.74, 6) is 2.51. The molecule has 1 aliphatic rings. The highest BCUT2D eigenvalue weighted by Gasteiger charge is 2.31. The van der Waals surface area contributed by atoms with Gasteiger partial charge in [0.1, 0.15) is 0 Å². The first-order chi connectivity index (χ1) is 9.21. The zero-order valence-corrected chi connectivity index (χ0v) is 12.0. The number of para-hydroxylation sites is 1. The van der Waals surface area contributed by atoms with Crippen molar-refractivity contribution in [2.45, 2.75) is 25.3 Å². The molecular weight excluding hydrogens is 240 g/mol. The molecule has 4 nitrogen and oxygen atoms in total. The van der Waals surface area contributed by atoms with E-state index >= 15 is 0 Å². The van der Waals surface area contributed by atoms with Gasteiger partial charge in [0.25, 0.3) is 0 Å². The van der Waals surface area contributed by atoms with Crippen molar-refractivity contribution in [3.05, 3.63) is 23.8 Å². The molecule has 1 saturated heterocycles. The zero-order chi connectivity index (χ0) is 13.8. The van der Waals surface area contributed by atoms with E-state index in [9.17, 15) is 0 Å². The predicted octanol–water partition coefficient (Wildman–Crippen LogP) is 1.74. The molecule has 0 amide bonds. The van der Waals surface area contributed by atoms with Crippen molar-refractivity contribution in [2.75, 3.05) is 27.3 Å². The second-order valence-electron chi connectivity index (χ2n) is 5.23. The van der Waals surface area contributed by atoms with E-state index in [2.05, 4.69) is 18.3 Å².